The van der Waals surface area contributed by atoms with Crippen LogP contribution in [0, 0.1) is 6.92 Å². The van der Waals surface area contributed by atoms with Gasteiger partial charge < -0.3 is 18.7 Å². The number of nitrogens with zero attached hydrogens (tertiary/aromatic N) is 4. The standard InChI is InChI=1S/C22H26N4O3/c1-16-23-21(24-29-16)15-28-18-11-9-17(10-12-18)22(27)26-14-5-3-4-7-20(26)19-8-6-13-25(19)2/h6,8-13,20H,3-5,7,14-15H2,1-2H3/t20-/m1/s1. The molecule has 0 N–H and O–H groups in total. The summed E-state index contributed by atoms with van der Waals surface area (Å²) in [5, 5.41) is 3.81. The minimum atomic E-state index is 0.0680. The fourth-order valence-corrected chi connectivity index (χ4v) is 3.89. The van der Waals surface area contributed by atoms with E-state index in [0.29, 0.717) is 23.0 Å². The van der Waals surface area contributed by atoms with E-state index in [1.807, 2.05) is 48.5 Å². The molecule has 1 saturated heterocycles. The molecular weight excluding hydrogens is 368 g/mol. The average Bonchev–Trinajstić information content (AvgIpc) is 3.26. The number of carbonyl (C=O) groups excluding carboxylic acids is 1. The van der Waals surface area contributed by atoms with Gasteiger partial charge in [-0.15, -0.1) is 0 Å². The van der Waals surface area contributed by atoms with Crippen molar-refractivity contribution in [2.75, 3.05) is 6.54 Å². The number of likely N-dealkylation sites (tertiary alicyclic amines) is 1. The molecule has 7 heteroatoms. The van der Waals surface area contributed by atoms with E-state index in [2.05, 4.69) is 20.8 Å². The van der Waals surface area contributed by atoms with Gasteiger partial charge in [0.05, 0.1) is 6.04 Å². The number of hydrogen-bond acceptors (Lipinski definition) is 5. The third kappa shape index (κ3) is 4.34. The highest BCUT2D eigenvalue weighted by molar-refractivity contribution is 5.94. The van der Waals surface area contributed by atoms with Gasteiger partial charge in [0.2, 0.25) is 11.7 Å². The number of ether oxygens (including phenoxy) is 1. The van der Waals surface area contributed by atoms with Crippen LogP contribution in [-0.4, -0.2) is 32.1 Å². The molecule has 0 bridgehead atoms. The van der Waals surface area contributed by atoms with Gasteiger partial charge in [-0.3, -0.25) is 4.79 Å². The molecule has 1 amide bonds. The zero-order valence-electron chi connectivity index (χ0n) is 16.9. The van der Waals surface area contributed by atoms with Crippen LogP contribution in [0.3, 0.4) is 0 Å². The number of hydrogen-bond donors (Lipinski definition) is 0. The Bertz CT molecular complexity index is 961. The molecule has 1 aliphatic rings. The molecule has 3 aromatic rings. The monoisotopic (exact) mass is 394 g/mol. The van der Waals surface area contributed by atoms with Crippen LogP contribution in [0.1, 0.15) is 59.5 Å². The molecule has 1 aromatic carbocycles. The van der Waals surface area contributed by atoms with Crippen molar-refractivity contribution < 1.29 is 14.1 Å². The van der Waals surface area contributed by atoms with E-state index in [-0.39, 0.29) is 18.6 Å². The number of carbonyl (C=O) groups is 1. The van der Waals surface area contributed by atoms with E-state index in [4.69, 9.17) is 9.26 Å². The van der Waals surface area contributed by atoms with Gasteiger partial charge in [0.1, 0.15) is 5.75 Å². The van der Waals surface area contributed by atoms with Gasteiger partial charge in [-0.2, -0.15) is 4.98 Å². The van der Waals surface area contributed by atoms with Crippen LogP contribution in [0.25, 0.3) is 0 Å². The smallest absolute Gasteiger partial charge is 0.254 e. The number of aromatic nitrogens is 3. The van der Waals surface area contributed by atoms with Crippen molar-refractivity contribution in [3.8, 4) is 5.75 Å². The molecule has 0 spiro atoms. The summed E-state index contributed by atoms with van der Waals surface area (Å²) in [5.74, 6) is 1.74. The Morgan fingerprint density at radius 1 is 1.21 bits per heavy atom. The highest BCUT2D eigenvalue weighted by Gasteiger charge is 2.28. The van der Waals surface area contributed by atoms with Gasteiger partial charge >= 0.3 is 0 Å². The maximum atomic E-state index is 13.3. The lowest BCUT2D eigenvalue weighted by Gasteiger charge is -2.30. The summed E-state index contributed by atoms with van der Waals surface area (Å²) in [7, 11) is 2.04. The second kappa shape index (κ2) is 8.51. The van der Waals surface area contributed by atoms with Crippen LogP contribution >= 0.6 is 0 Å². The SMILES string of the molecule is Cc1nc(COc2ccc(C(=O)N3CCCCC[C@@H]3c3cccn3C)cc2)no1. The van der Waals surface area contributed by atoms with Crippen molar-refractivity contribution in [2.24, 2.45) is 7.05 Å². The zero-order valence-corrected chi connectivity index (χ0v) is 16.9. The van der Waals surface area contributed by atoms with Gasteiger partial charge in [0, 0.05) is 38.0 Å². The normalized spacial score (nSPS) is 17.2. The first-order chi connectivity index (χ1) is 14.1. The molecule has 152 valence electrons. The van der Waals surface area contributed by atoms with Crippen LogP contribution in [0.2, 0.25) is 0 Å². The van der Waals surface area contributed by atoms with E-state index >= 15 is 0 Å². The van der Waals surface area contributed by atoms with Gasteiger partial charge in [-0.1, -0.05) is 18.0 Å². The van der Waals surface area contributed by atoms with Gasteiger partial charge in [0.25, 0.3) is 5.91 Å². The van der Waals surface area contributed by atoms with Crippen molar-refractivity contribution in [3.63, 3.8) is 0 Å². The quantitative estimate of drug-likeness (QED) is 0.653. The molecule has 4 rings (SSSR count). The highest BCUT2D eigenvalue weighted by atomic mass is 16.5. The Morgan fingerprint density at radius 3 is 2.72 bits per heavy atom. The summed E-state index contributed by atoms with van der Waals surface area (Å²) in [6.45, 7) is 2.75. The lowest BCUT2D eigenvalue weighted by molar-refractivity contribution is 0.0674. The number of amides is 1. The third-order valence-corrected chi connectivity index (χ3v) is 5.38. The van der Waals surface area contributed by atoms with Crippen molar-refractivity contribution in [3.05, 3.63) is 65.6 Å². The summed E-state index contributed by atoms with van der Waals surface area (Å²) >= 11 is 0. The summed E-state index contributed by atoms with van der Waals surface area (Å²) in [5.41, 5.74) is 1.87. The van der Waals surface area contributed by atoms with E-state index in [1.165, 1.54) is 5.69 Å². The van der Waals surface area contributed by atoms with Crippen molar-refractivity contribution in [1.29, 1.82) is 0 Å². The molecule has 1 fully saturated rings. The minimum Gasteiger partial charge on any atom is -0.485 e. The fourth-order valence-electron chi connectivity index (χ4n) is 3.89. The molecule has 0 unspecified atom stereocenters. The predicted molar refractivity (Wildman–Crippen MR) is 107 cm³/mol. The molecule has 7 nitrogen and oxygen atoms in total. The fraction of sp³-hybridized carbons (Fsp3) is 0.409. The minimum absolute atomic E-state index is 0.0680. The molecule has 0 aliphatic carbocycles. The number of benzene rings is 1. The van der Waals surface area contributed by atoms with Crippen molar-refractivity contribution in [2.45, 2.75) is 45.3 Å². The van der Waals surface area contributed by atoms with Gasteiger partial charge in [0.15, 0.2) is 6.61 Å². The maximum absolute atomic E-state index is 13.3. The molecule has 1 aliphatic heterocycles. The van der Waals surface area contributed by atoms with Crippen molar-refractivity contribution >= 4 is 5.91 Å². The van der Waals surface area contributed by atoms with Crippen LogP contribution in [0.4, 0.5) is 0 Å². The van der Waals surface area contributed by atoms with Crippen LogP contribution in [0.15, 0.2) is 47.1 Å². The van der Waals surface area contributed by atoms with Crippen molar-refractivity contribution in [1.82, 2.24) is 19.6 Å². The molecule has 29 heavy (non-hydrogen) atoms. The van der Waals surface area contributed by atoms with Gasteiger partial charge in [-0.05, 0) is 49.2 Å². The molecule has 3 heterocycles. The largest absolute Gasteiger partial charge is 0.485 e. The zero-order chi connectivity index (χ0) is 20.2. The number of aryl methyl sites for hydroxylation is 2. The number of rotatable bonds is 5. The van der Waals surface area contributed by atoms with E-state index in [0.717, 1.165) is 32.2 Å². The van der Waals surface area contributed by atoms with Gasteiger partial charge in [-0.25, -0.2) is 0 Å². The molecule has 2 aromatic heterocycles. The van der Waals surface area contributed by atoms with E-state index in [9.17, 15) is 4.79 Å². The van der Waals surface area contributed by atoms with E-state index in [1.54, 1.807) is 6.92 Å². The molecule has 1 atom stereocenters. The third-order valence-electron chi connectivity index (χ3n) is 5.38. The Labute approximate surface area is 170 Å². The highest BCUT2D eigenvalue weighted by Crippen LogP contribution is 2.31. The first-order valence-electron chi connectivity index (χ1n) is 10.1. The summed E-state index contributed by atoms with van der Waals surface area (Å²) in [4.78, 5) is 19.5. The van der Waals surface area contributed by atoms with E-state index < -0.39 is 0 Å². The second-order valence-corrected chi connectivity index (χ2v) is 7.45. The molecule has 0 saturated carbocycles. The topological polar surface area (TPSA) is 73.4 Å². The Hall–Kier alpha value is -3.09. The Morgan fingerprint density at radius 2 is 2.03 bits per heavy atom. The maximum Gasteiger partial charge on any atom is 0.254 e. The Balaban J connectivity index is 1.47. The molecule has 0 radical (unpaired) electrons. The first kappa shape index (κ1) is 19.2. The lowest BCUT2D eigenvalue weighted by Crippen LogP contribution is -2.35. The lowest BCUT2D eigenvalue weighted by atomic mass is 10.1. The van der Waals surface area contributed by atoms with Crippen LogP contribution in [-0.2, 0) is 13.7 Å². The average molecular weight is 394 g/mol. The second-order valence-electron chi connectivity index (χ2n) is 7.45. The summed E-state index contributed by atoms with van der Waals surface area (Å²) in [6.07, 6.45) is 6.38. The summed E-state index contributed by atoms with van der Waals surface area (Å²) < 4.78 is 12.7. The van der Waals surface area contributed by atoms with Crippen LogP contribution in [0.5, 0.6) is 5.75 Å². The first-order valence-corrected chi connectivity index (χ1v) is 10.1. The van der Waals surface area contributed by atoms with Crippen LogP contribution < -0.4 is 4.74 Å². The summed E-state index contributed by atoms with van der Waals surface area (Å²) in [6, 6.07) is 11.6. The predicted octanol–water partition coefficient (Wildman–Crippen LogP) is 4.05. The Kier molecular flexibility index (Phi) is 5.64. The molecular formula is C22H26N4O3.